The van der Waals surface area contributed by atoms with Crippen LogP contribution in [0.15, 0.2) is 109 Å². The highest BCUT2D eigenvalue weighted by Crippen LogP contribution is 2.46. The third kappa shape index (κ3) is 3.43. The first kappa shape index (κ1) is 22.0. The van der Waals surface area contributed by atoms with E-state index in [9.17, 15) is 4.79 Å². The molecule has 0 aliphatic carbocycles. The molecule has 0 radical (unpaired) electrons. The molecule has 3 heterocycles. The molecule has 1 atom stereocenters. The van der Waals surface area contributed by atoms with E-state index in [4.69, 9.17) is 9.47 Å². The van der Waals surface area contributed by atoms with Crippen molar-refractivity contribution >= 4 is 27.6 Å². The number of hydrogen-bond acceptors (Lipinski definition) is 3. The van der Waals surface area contributed by atoms with Gasteiger partial charge in [0.1, 0.15) is 0 Å². The van der Waals surface area contributed by atoms with Crippen LogP contribution in [0.1, 0.15) is 33.1 Å². The Hall–Kier alpha value is -5.03. The Kier molecular flexibility index (Phi) is 4.79. The lowest BCUT2D eigenvalue weighted by atomic mass is 9.92. The number of ether oxygens (including phenoxy) is 2. The Morgan fingerprint density at radius 1 is 0.769 bits per heavy atom. The first-order valence-corrected chi connectivity index (χ1v) is 13.1. The number of nitrogens with one attached hydrogen (secondary N) is 1. The van der Waals surface area contributed by atoms with Crippen LogP contribution >= 0.6 is 0 Å². The highest BCUT2D eigenvalue weighted by atomic mass is 16.7. The topological polar surface area (TPSA) is 54.6 Å². The molecule has 0 saturated heterocycles. The maximum absolute atomic E-state index is 14.0. The van der Waals surface area contributed by atoms with Crippen molar-refractivity contribution in [1.29, 1.82) is 0 Å². The van der Waals surface area contributed by atoms with E-state index in [1.807, 2.05) is 47.4 Å². The number of amides is 1. The van der Waals surface area contributed by atoms with Gasteiger partial charge in [0, 0.05) is 28.6 Å². The molecule has 39 heavy (non-hydrogen) atoms. The molecule has 5 nitrogen and oxygen atoms in total. The van der Waals surface area contributed by atoms with Gasteiger partial charge in [0.15, 0.2) is 11.5 Å². The Morgan fingerprint density at radius 2 is 1.56 bits per heavy atom. The SMILES string of the molecule is O=C1c2ccccc2[C@@H](c2c(-c3ccc4ccccc4c3)[nH]c3ccccc23)N1Cc1ccc2c(c1)OCO2. The number of aromatic amines is 1. The summed E-state index contributed by atoms with van der Waals surface area (Å²) in [5.74, 6) is 1.49. The van der Waals surface area contributed by atoms with Crippen LogP contribution < -0.4 is 9.47 Å². The lowest BCUT2D eigenvalue weighted by molar-refractivity contribution is 0.0737. The molecule has 1 amide bonds. The third-order valence-electron chi connectivity index (χ3n) is 7.91. The molecule has 6 aromatic rings. The van der Waals surface area contributed by atoms with Crippen molar-refractivity contribution in [1.82, 2.24) is 9.88 Å². The second kappa shape index (κ2) is 8.50. The van der Waals surface area contributed by atoms with Crippen molar-refractivity contribution < 1.29 is 14.3 Å². The largest absolute Gasteiger partial charge is 0.454 e. The number of carbonyl (C=O) groups is 1. The fourth-order valence-corrected chi connectivity index (χ4v) is 6.10. The molecule has 0 spiro atoms. The fraction of sp³-hybridized carbons (Fsp3) is 0.0882. The zero-order chi connectivity index (χ0) is 25.9. The molecular weight excluding hydrogens is 484 g/mol. The van der Waals surface area contributed by atoms with Crippen LogP contribution in [0.3, 0.4) is 0 Å². The number of aromatic nitrogens is 1. The summed E-state index contributed by atoms with van der Waals surface area (Å²) in [6.45, 7) is 0.672. The molecule has 1 N–H and O–H groups in total. The van der Waals surface area contributed by atoms with Gasteiger partial charge in [0.05, 0.1) is 11.7 Å². The number of carbonyl (C=O) groups excluding carboxylic acids is 1. The third-order valence-corrected chi connectivity index (χ3v) is 7.91. The second-order valence-corrected chi connectivity index (χ2v) is 10.1. The van der Waals surface area contributed by atoms with E-state index in [2.05, 4.69) is 71.7 Å². The van der Waals surface area contributed by atoms with Crippen LogP contribution in [0.5, 0.6) is 11.5 Å². The molecule has 0 saturated carbocycles. The lowest BCUT2D eigenvalue weighted by Crippen LogP contribution is -2.28. The highest BCUT2D eigenvalue weighted by molar-refractivity contribution is 6.02. The second-order valence-electron chi connectivity index (χ2n) is 10.1. The van der Waals surface area contributed by atoms with E-state index in [1.165, 1.54) is 10.8 Å². The van der Waals surface area contributed by atoms with Crippen molar-refractivity contribution in [3.8, 4) is 22.8 Å². The molecule has 188 valence electrons. The van der Waals surface area contributed by atoms with Crippen molar-refractivity contribution in [3.63, 3.8) is 0 Å². The summed E-state index contributed by atoms with van der Waals surface area (Å²) in [5, 5.41) is 3.50. The predicted octanol–water partition coefficient (Wildman–Crippen LogP) is 7.46. The molecule has 0 fully saturated rings. The van der Waals surface area contributed by atoms with Gasteiger partial charge in [-0.2, -0.15) is 0 Å². The summed E-state index contributed by atoms with van der Waals surface area (Å²) < 4.78 is 11.1. The first-order chi connectivity index (χ1) is 19.2. The molecule has 0 unspecified atom stereocenters. The molecule has 8 rings (SSSR count). The van der Waals surface area contributed by atoms with Gasteiger partial charge in [-0.3, -0.25) is 4.79 Å². The average Bonchev–Trinajstić information content (AvgIpc) is 3.67. The summed E-state index contributed by atoms with van der Waals surface area (Å²) in [6, 6.07) is 37.0. The maximum atomic E-state index is 14.0. The Bertz CT molecular complexity index is 1920. The Balaban J connectivity index is 1.33. The molecule has 5 aromatic carbocycles. The van der Waals surface area contributed by atoms with Crippen molar-refractivity contribution in [2.75, 3.05) is 6.79 Å². The summed E-state index contributed by atoms with van der Waals surface area (Å²) in [7, 11) is 0. The van der Waals surface area contributed by atoms with Gasteiger partial charge in [0.25, 0.3) is 5.91 Å². The number of H-pyrrole nitrogens is 1. The summed E-state index contributed by atoms with van der Waals surface area (Å²) in [5.41, 5.74) is 7.06. The van der Waals surface area contributed by atoms with Crippen LogP contribution in [-0.4, -0.2) is 22.6 Å². The van der Waals surface area contributed by atoms with Crippen LogP contribution in [0.25, 0.3) is 32.9 Å². The van der Waals surface area contributed by atoms with Crippen LogP contribution in [0.2, 0.25) is 0 Å². The average molecular weight is 509 g/mol. The molecule has 5 heteroatoms. The zero-order valence-corrected chi connectivity index (χ0v) is 21.1. The minimum Gasteiger partial charge on any atom is -0.454 e. The van der Waals surface area contributed by atoms with Crippen molar-refractivity contribution in [3.05, 3.63) is 131 Å². The highest BCUT2D eigenvalue weighted by Gasteiger charge is 2.40. The number of benzene rings is 5. The number of hydrogen-bond donors (Lipinski definition) is 1. The molecule has 2 aliphatic heterocycles. The van der Waals surface area contributed by atoms with E-state index in [0.29, 0.717) is 6.54 Å². The first-order valence-electron chi connectivity index (χ1n) is 13.1. The summed E-state index contributed by atoms with van der Waals surface area (Å²) in [4.78, 5) is 19.7. The van der Waals surface area contributed by atoms with Crippen molar-refractivity contribution in [2.45, 2.75) is 12.6 Å². The van der Waals surface area contributed by atoms with Gasteiger partial charge in [-0.05, 0) is 57.8 Å². The normalized spacial score (nSPS) is 15.8. The lowest BCUT2D eigenvalue weighted by Gasteiger charge is -2.27. The maximum Gasteiger partial charge on any atom is 0.255 e. The van der Waals surface area contributed by atoms with Crippen LogP contribution in [0.4, 0.5) is 0 Å². The van der Waals surface area contributed by atoms with E-state index in [-0.39, 0.29) is 18.7 Å². The van der Waals surface area contributed by atoms with Gasteiger partial charge in [-0.25, -0.2) is 0 Å². The number of para-hydroxylation sites is 1. The summed E-state index contributed by atoms with van der Waals surface area (Å²) in [6.07, 6.45) is 0. The molecular formula is C34H24N2O3. The van der Waals surface area contributed by atoms with Gasteiger partial charge in [-0.1, -0.05) is 78.9 Å². The zero-order valence-electron chi connectivity index (χ0n) is 21.1. The van der Waals surface area contributed by atoms with E-state index in [1.54, 1.807) is 0 Å². The van der Waals surface area contributed by atoms with Gasteiger partial charge in [-0.15, -0.1) is 0 Å². The Morgan fingerprint density at radius 3 is 2.51 bits per heavy atom. The standard InChI is InChI=1S/C34H24N2O3/c37-34-26-10-4-3-9-25(26)33(36(34)19-21-13-16-29-30(17-21)39-20-38-29)31-27-11-5-6-12-28(27)35-32(31)24-15-14-22-7-1-2-8-23(22)18-24/h1-18,33,35H,19-20H2/t33-/m0/s1. The monoisotopic (exact) mass is 508 g/mol. The van der Waals surface area contributed by atoms with Gasteiger partial charge < -0.3 is 19.4 Å². The smallest absolute Gasteiger partial charge is 0.255 e. The quantitative estimate of drug-likeness (QED) is 0.269. The van der Waals surface area contributed by atoms with Crippen LogP contribution in [0, 0.1) is 0 Å². The fourth-order valence-electron chi connectivity index (χ4n) is 6.10. The number of fused-ring (bicyclic) bond motifs is 4. The predicted molar refractivity (Wildman–Crippen MR) is 152 cm³/mol. The van der Waals surface area contributed by atoms with E-state index < -0.39 is 0 Å². The minimum absolute atomic E-state index is 0.0306. The molecule has 1 aromatic heterocycles. The number of nitrogens with zero attached hydrogens (tertiary/aromatic N) is 1. The molecule has 0 bridgehead atoms. The van der Waals surface area contributed by atoms with E-state index >= 15 is 0 Å². The van der Waals surface area contributed by atoms with Crippen molar-refractivity contribution in [2.24, 2.45) is 0 Å². The van der Waals surface area contributed by atoms with Gasteiger partial charge >= 0.3 is 0 Å². The van der Waals surface area contributed by atoms with E-state index in [0.717, 1.165) is 55.9 Å². The van der Waals surface area contributed by atoms with Gasteiger partial charge in [0.2, 0.25) is 6.79 Å². The Labute approximate surface area is 225 Å². The van der Waals surface area contributed by atoms with Crippen LogP contribution in [-0.2, 0) is 6.54 Å². The number of rotatable bonds is 4. The molecule has 2 aliphatic rings. The minimum atomic E-state index is -0.253. The summed E-state index contributed by atoms with van der Waals surface area (Å²) >= 11 is 0.